The molecule has 0 aromatic carbocycles. The average molecular weight is 239 g/mol. The third-order valence-electron chi connectivity index (χ3n) is 3.22. The summed E-state index contributed by atoms with van der Waals surface area (Å²) < 4.78 is 31.6. The number of hydrogen-bond acceptors (Lipinski definition) is 4. The van der Waals surface area contributed by atoms with Crippen LogP contribution >= 0.6 is 0 Å². The number of rotatable bonds is 4. The van der Waals surface area contributed by atoms with Crippen molar-refractivity contribution < 1.29 is 22.6 Å². The topological polar surface area (TPSA) is 86.6 Å². The van der Waals surface area contributed by atoms with Crippen LogP contribution in [0.2, 0.25) is 0 Å². The van der Waals surface area contributed by atoms with Crippen molar-refractivity contribution >= 4 is 10.1 Å². The monoisotopic (exact) mass is 239 g/mol. The quantitative estimate of drug-likeness (QED) is 0.416. The third kappa shape index (κ3) is 2.88. The van der Waals surface area contributed by atoms with Crippen LogP contribution in [0.15, 0.2) is 0 Å². The van der Waals surface area contributed by atoms with Gasteiger partial charge in [0.05, 0.1) is 19.7 Å². The van der Waals surface area contributed by atoms with Gasteiger partial charge in [0.25, 0.3) is 0 Å². The highest BCUT2D eigenvalue weighted by molar-refractivity contribution is 7.86. The standard InChI is InChI=1S/C8H18N2O4S/c1-8(15(12,13)14)10(6-7-11)4-2-9-3-5-10/h8-9,11H,2-7H2,1H3/p+1. The summed E-state index contributed by atoms with van der Waals surface area (Å²) in [5, 5.41) is 11.2. The maximum absolute atomic E-state index is 11.1. The summed E-state index contributed by atoms with van der Waals surface area (Å²) in [6.45, 7) is 4.43. The number of nitrogens with zero attached hydrogens (tertiary/aromatic N) is 1. The highest BCUT2D eigenvalue weighted by Crippen LogP contribution is 2.18. The minimum Gasteiger partial charge on any atom is -0.391 e. The summed E-state index contributed by atoms with van der Waals surface area (Å²) in [6, 6.07) is 0. The van der Waals surface area contributed by atoms with Gasteiger partial charge in [-0.15, -0.1) is 0 Å². The van der Waals surface area contributed by atoms with Gasteiger partial charge in [0.2, 0.25) is 5.37 Å². The van der Waals surface area contributed by atoms with Gasteiger partial charge in [0.1, 0.15) is 6.54 Å². The van der Waals surface area contributed by atoms with E-state index in [1.807, 2.05) is 0 Å². The van der Waals surface area contributed by atoms with E-state index in [-0.39, 0.29) is 11.1 Å². The van der Waals surface area contributed by atoms with Crippen molar-refractivity contribution in [3.05, 3.63) is 0 Å². The van der Waals surface area contributed by atoms with Crippen LogP contribution in [0.1, 0.15) is 6.92 Å². The van der Waals surface area contributed by atoms with Crippen molar-refractivity contribution in [2.45, 2.75) is 12.3 Å². The SMILES string of the molecule is CC([N+]1(CCO)CCNCC1)S(=O)(=O)O. The zero-order valence-electron chi connectivity index (χ0n) is 8.89. The molecule has 3 N–H and O–H groups in total. The molecule has 7 heteroatoms. The Bertz CT molecular complexity index is 292. The van der Waals surface area contributed by atoms with E-state index in [4.69, 9.17) is 9.66 Å². The molecule has 0 saturated carbocycles. The Morgan fingerprint density at radius 1 is 1.40 bits per heavy atom. The fraction of sp³-hybridized carbons (Fsp3) is 1.00. The smallest absolute Gasteiger partial charge is 0.319 e. The molecular formula is C8H19N2O4S+. The van der Waals surface area contributed by atoms with Crippen LogP contribution < -0.4 is 5.32 Å². The van der Waals surface area contributed by atoms with Crippen LogP contribution in [0, 0.1) is 0 Å². The Kier molecular flexibility index (Phi) is 4.07. The molecule has 0 aromatic rings. The Morgan fingerprint density at radius 2 is 1.93 bits per heavy atom. The van der Waals surface area contributed by atoms with Crippen molar-refractivity contribution in [2.75, 3.05) is 39.3 Å². The lowest BCUT2D eigenvalue weighted by Gasteiger charge is -2.44. The highest BCUT2D eigenvalue weighted by Gasteiger charge is 2.41. The van der Waals surface area contributed by atoms with Gasteiger partial charge >= 0.3 is 10.1 Å². The second-order valence-corrected chi connectivity index (χ2v) is 5.69. The van der Waals surface area contributed by atoms with Crippen molar-refractivity contribution in [1.82, 2.24) is 5.32 Å². The average Bonchev–Trinajstić information content (AvgIpc) is 2.17. The van der Waals surface area contributed by atoms with E-state index >= 15 is 0 Å². The number of piperazine rings is 1. The maximum atomic E-state index is 11.1. The molecule has 1 saturated heterocycles. The third-order valence-corrected chi connectivity index (χ3v) is 4.52. The van der Waals surface area contributed by atoms with E-state index < -0.39 is 15.5 Å². The lowest BCUT2D eigenvalue weighted by atomic mass is 10.2. The molecule has 0 radical (unpaired) electrons. The fourth-order valence-electron chi connectivity index (χ4n) is 2.09. The van der Waals surface area contributed by atoms with Crippen molar-refractivity contribution in [1.29, 1.82) is 0 Å². The molecule has 1 heterocycles. The molecule has 6 nitrogen and oxygen atoms in total. The molecule has 90 valence electrons. The minimum absolute atomic E-state index is 0.0696. The summed E-state index contributed by atoms with van der Waals surface area (Å²) in [4.78, 5) is 0. The molecule has 0 amide bonds. The lowest BCUT2D eigenvalue weighted by molar-refractivity contribution is -0.938. The molecule has 1 unspecified atom stereocenters. The molecule has 0 aliphatic carbocycles. The van der Waals surface area contributed by atoms with Crippen LogP contribution in [0.3, 0.4) is 0 Å². The van der Waals surface area contributed by atoms with Gasteiger partial charge in [-0.1, -0.05) is 0 Å². The number of quaternary nitrogens is 1. The summed E-state index contributed by atoms with van der Waals surface area (Å²) in [7, 11) is -4.05. The lowest BCUT2D eigenvalue weighted by Crippen LogP contribution is -2.65. The predicted molar refractivity (Wildman–Crippen MR) is 55.8 cm³/mol. The molecule has 1 aliphatic heterocycles. The number of hydrogen-bond donors (Lipinski definition) is 3. The summed E-state index contributed by atoms with van der Waals surface area (Å²) in [6.07, 6.45) is 0. The van der Waals surface area contributed by atoms with E-state index in [0.717, 1.165) is 0 Å². The molecular weight excluding hydrogens is 220 g/mol. The molecule has 1 atom stereocenters. The fourth-order valence-corrected chi connectivity index (χ4v) is 2.97. The van der Waals surface area contributed by atoms with E-state index in [2.05, 4.69) is 5.32 Å². The first-order chi connectivity index (χ1) is 6.92. The Hall–Kier alpha value is -0.210. The maximum Gasteiger partial charge on any atom is 0.319 e. The predicted octanol–water partition coefficient (Wildman–Crippen LogP) is -1.37. The molecule has 0 bridgehead atoms. The van der Waals surface area contributed by atoms with E-state index in [1.165, 1.54) is 6.92 Å². The largest absolute Gasteiger partial charge is 0.391 e. The van der Waals surface area contributed by atoms with Crippen molar-refractivity contribution in [3.63, 3.8) is 0 Å². The number of nitrogens with one attached hydrogen (secondary N) is 1. The zero-order valence-corrected chi connectivity index (χ0v) is 9.70. The van der Waals surface area contributed by atoms with Gasteiger partial charge in [-0.3, -0.25) is 4.55 Å². The van der Waals surface area contributed by atoms with Crippen molar-refractivity contribution in [2.24, 2.45) is 0 Å². The van der Waals surface area contributed by atoms with Crippen LogP contribution in [-0.2, 0) is 10.1 Å². The van der Waals surface area contributed by atoms with E-state index in [1.54, 1.807) is 0 Å². The normalized spacial score (nSPS) is 23.7. The van der Waals surface area contributed by atoms with Gasteiger partial charge in [0, 0.05) is 20.0 Å². The molecule has 15 heavy (non-hydrogen) atoms. The first kappa shape index (κ1) is 12.9. The van der Waals surface area contributed by atoms with Gasteiger partial charge < -0.3 is 14.9 Å². The molecule has 1 fully saturated rings. The molecule has 0 aromatic heterocycles. The molecule has 1 rings (SSSR count). The van der Waals surface area contributed by atoms with Gasteiger partial charge in [-0.05, 0) is 0 Å². The van der Waals surface area contributed by atoms with Crippen LogP contribution in [-0.4, -0.2) is 67.3 Å². The minimum atomic E-state index is -4.05. The number of aliphatic hydroxyl groups is 1. The highest BCUT2D eigenvalue weighted by atomic mass is 32.2. The van der Waals surface area contributed by atoms with Gasteiger partial charge in [-0.25, -0.2) is 0 Å². The zero-order chi connectivity index (χ0) is 11.5. The summed E-state index contributed by atoms with van der Waals surface area (Å²) >= 11 is 0. The second kappa shape index (κ2) is 4.75. The first-order valence-electron chi connectivity index (χ1n) is 5.06. The van der Waals surface area contributed by atoms with Crippen LogP contribution in [0.5, 0.6) is 0 Å². The summed E-state index contributed by atoms with van der Waals surface area (Å²) in [5.41, 5.74) is 0. The van der Waals surface area contributed by atoms with Gasteiger partial charge in [-0.2, -0.15) is 8.42 Å². The number of aliphatic hydroxyl groups excluding tert-OH is 1. The second-order valence-electron chi connectivity index (χ2n) is 3.98. The van der Waals surface area contributed by atoms with Crippen LogP contribution in [0.25, 0.3) is 0 Å². The molecule has 0 spiro atoms. The molecule has 1 aliphatic rings. The van der Waals surface area contributed by atoms with E-state index in [0.29, 0.717) is 32.7 Å². The van der Waals surface area contributed by atoms with Crippen LogP contribution in [0.4, 0.5) is 0 Å². The van der Waals surface area contributed by atoms with E-state index in [9.17, 15) is 8.42 Å². The Morgan fingerprint density at radius 3 is 2.33 bits per heavy atom. The Labute approximate surface area is 90.2 Å². The Balaban J connectivity index is 2.89. The summed E-state index contributed by atoms with van der Waals surface area (Å²) in [5.74, 6) is 0. The van der Waals surface area contributed by atoms with Gasteiger partial charge in [0.15, 0.2) is 0 Å². The van der Waals surface area contributed by atoms with Crippen molar-refractivity contribution in [3.8, 4) is 0 Å². The first-order valence-corrected chi connectivity index (χ1v) is 6.56.